The van der Waals surface area contributed by atoms with Crippen molar-refractivity contribution in [3.8, 4) is 10.6 Å². The number of anilines is 2. The van der Waals surface area contributed by atoms with Crippen molar-refractivity contribution >= 4 is 35.1 Å². The second kappa shape index (κ2) is 9.16. The topological polar surface area (TPSA) is 107 Å². The molecule has 0 aliphatic rings. The molecule has 3 aromatic rings. The third-order valence-corrected chi connectivity index (χ3v) is 4.91. The molecule has 150 valence electrons. The summed E-state index contributed by atoms with van der Waals surface area (Å²) in [6, 6.07) is 14.1. The van der Waals surface area contributed by atoms with Gasteiger partial charge in [-0.25, -0.2) is 19.6 Å². The van der Waals surface area contributed by atoms with Gasteiger partial charge in [0, 0.05) is 17.0 Å². The Labute approximate surface area is 172 Å². The maximum Gasteiger partial charge on any atom is 0.407 e. The zero-order chi connectivity index (χ0) is 20.8. The molecule has 2 aromatic heterocycles. The fourth-order valence-electron chi connectivity index (χ4n) is 2.59. The Morgan fingerprint density at radius 1 is 1.03 bits per heavy atom. The second-order valence-electron chi connectivity index (χ2n) is 6.50. The lowest BCUT2D eigenvalue weighted by Crippen LogP contribution is -2.35. The van der Waals surface area contributed by atoms with Crippen molar-refractivity contribution in [3.63, 3.8) is 0 Å². The number of pyridine rings is 1. The highest BCUT2D eigenvalue weighted by Crippen LogP contribution is 2.25. The van der Waals surface area contributed by atoms with Crippen LogP contribution in [0.25, 0.3) is 10.6 Å². The average Bonchev–Trinajstić information content (AvgIpc) is 3.15. The lowest BCUT2D eigenvalue weighted by atomic mass is 10.2. The molecular weight excluding hydrogens is 390 g/mol. The highest BCUT2D eigenvalue weighted by molar-refractivity contribution is 7.13. The number of hydrogen-bond acceptors (Lipinski definition) is 5. The highest BCUT2D eigenvalue weighted by atomic mass is 32.1. The molecule has 8 nitrogen and oxygen atoms in total. The minimum absolute atomic E-state index is 0.136. The molecular formula is C20H21N5O3S. The predicted octanol–water partition coefficient (Wildman–Crippen LogP) is 4.74. The molecule has 1 aromatic carbocycles. The summed E-state index contributed by atoms with van der Waals surface area (Å²) in [5, 5.41) is 17.2. The first kappa shape index (κ1) is 20.3. The Bertz CT molecular complexity index is 991. The van der Waals surface area contributed by atoms with E-state index in [1.165, 1.54) is 16.2 Å². The first-order valence-corrected chi connectivity index (χ1v) is 9.85. The number of nitrogens with one attached hydrogen (secondary N) is 2. The molecule has 0 aliphatic heterocycles. The number of nitrogens with zero attached hydrogens (tertiary/aromatic N) is 3. The van der Waals surface area contributed by atoms with Crippen LogP contribution in [-0.4, -0.2) is 38.1 Å². The summed E-state index contributed by atoms with van der Waals surface area (Å²) in [7, 11) is 0. The molecule has 3 N–H and O–H groups in total. The molecule has 0 saturated carbocycles. The summed E-state index contributed by atoms with van der Waals surface area (Å²) in [5.74, 6) is 0.770. The number of amides is 3. The van der Waals surface area contributed by atoms with Crippen LogP contribution in [-0.2, 0) is 6.54 Å². The number of benzene rings is 1. The molecule has 29 heavy (non-hydrogen) atoms. The van der Waals surface area contributed by atoms with Crippen molar-refractivity contribution in [2.24, 2.45) is 0 Å². The van der Waals surface area contributed by atoms with Gasteiger partial charge >= 0.3 is 12.1 Å². The van der Waals surface area contributed by atoms with Gasteiger partial charge in [0.05, 0.1) is 12.2 Å². The van der Waals surface area contributed by atoms with Crippen molar-refractivity contribution in [2.45, 2.75) is 26.4 Å². The monoisotopic (exact) mass is 411 g/mol. The SMILES string of the molecule is CC(C)N(Cc1cccc(NC(=O)Nc2csc(-c3ccccc3)n2)n1)C(=O)O. The Hall–Kier alpha value is -3.46. The summed E-state index contributed by atoms with van der Waals surface area (Å²) in [6.45, 7) is 3.72. The number of carbonyl (C=O) groups is 2. The van der Waals surface area contributed by atoms with E-state index in [-0.39, 0.29) is 12.6 Å². The number of hydrogen-bond donors (Lipinski definition) is 3. The summed E-state index contributed by atoms with van der Waals surface area (Å²) < 4.78 is 0. The second-order valence-corrected chi connectivity index (χ2v) is 7.36. The predicted molar refractivity (Wildman–Crippen MR) is 113 cm³/mol. The van der Waals surface area contributed by atoms with Crippen LogP contribution in [0.15, 0.2) is 53.9 Å². The Morgan fingerprint density at radius 3 is 2.45 bits per heavy atom. The van der Waals surface area contributed by atoms with Crippen LogP contribution in [0.2, 0.25) is 0 Å². The van der Waals surface area contributed by atoms with Gasteiger partial charge in [-0.05, 0) is 26.0 Å². The minimum atomic E-state index is -1.02. The number of thiazole rings is 1. The average molecular weight is 411 g/mol. The quantitative estimate of drug-likeness (QED) is 0.543. The van der Waals surface area contributed by atoms with E-state index >= 15 is 0 Å². The molecule has 0 atom stereocenters. The zero-order valence-corrected chi connectivity index (χ0v) is 16.8. The van der Waals surface area contributed by atoms with Crippen LogP contribution in [0, 0.1) is 0 Å². The van der Waals surface area contributed by atoms with Crippen LogP contribution in [0.5, 0.6) is 0 Å². The van der Waals surface area contributed by atoms with Crippen LogP contribution in [0.3, 0.4) is 0 Å². The highest BCUT2D eigenvalue weighted by Gasteiger charge is 2.17. The maximum absolute atomic E-state index is 12.3. The molecule has 0 bridgehead atoms. The molecule has 0 aliphatic carbocycles. The summed E-state index contributed by atoms with van der Waals surface area (Å²) in [6.07, 6.45) is -1.02. The first-order chi connectivity index (χ1) is 13.9. The molecule has 0 fully saturated rings. The molecule has 2 heterocycles. The minimum Gasteiger partial charge on any atom is -0.465 e. The van der Waals surface area contributed by atoms with Crippen molar-refractivity contribution in [3.05, 3.63) is 59.6 Å². The van der Waals surface area contributed by atoms with Gasteiger partial charge in [-0.3, -0.25) is 10.6 Å². The Balaban J connectivity index is 1.63. The summed E-state index contributed by atoms with van der Waals surface area (Å²) >= 11 is 1.44. The van der Waals surface area contributed by atoms with E-state index in [4.69, 9.17) is 0 Å². The zero-order valence-electron chi connectivity index (χ0n) is 16.0. The summed E-state index contributed by atoms with van der Waals surface area (Å²) in [5.41, 5.74) is 1.52. The van der Waals surface area contributed by atoms with E-state index in [2.05, 4.69) is 20.6 Å². The van der Waals surface area contributed by atoms with Crippen LogP contribution in [0.1, 0.15) is 19.5 Å². The molecule has 3 rings (SSSR count). The van der Waals surface area contributed by atoms with Crippen LogP contribution in [0.4, 0.5) is 21.2 Å². The van der Waals surface area contributed by atoms with Gasteiger partial charge in [0.15, 0.2) is 0 Å². The van der Waals surface area contributed by atoms with Gasteiger partial charge in [-0.2, -0.15) is 0 Å². The Kier molecular flexibility index (Phi) is 6.40. The van der Waals surface area contributed by atoms with Crippen molar-refractivity contribution in [2.75, 3.05) is 10.6 Å². The third kappa shape index (κ3) is 5.52. The lowest BCUT2D eigenvalue weighted by molar-refractivity contribution is 0.127. The summed E-state index contributed by atoms with van der Waals surface area (Å²) in [4.78, 5) is 33.6. The number of carboxylic acid groups (broad SMARTS) is 1. The largest absolute Gasteiger partial charge is 0.465 e. The Morgan fingerprint density at radius 2 is 1.76 bits per heavy atom. The molecule has 0 radical (unpaired) electrons. The van der Waals surface area contributed by atoms with E-state index < -0.39 is 12.1 Å². The number of aromatic nitrogens is 2. The number of rotatable bonds is 6. The van der Waals surface area contributed by atoms with Gasteiger partial charge in [0.1, 0.15) is 16.6 Å². The van der Waals surface area contributed by atoms with Gasteiger partial charge in [-0.1, -0.05) is 36.4 Å². The molecule has 3 amide bonds. The third-order valence-electron chi connectivity index (χ3n) is 4.02. The lowest BCUT2D eigenvalue weighted by Gasteiger charge is -2.23. The normalized spacial score (nSPS) is 10.6. The fraction of sp³-hybridized carbons (Fsp3) is 0.200. The van der Waals surface area contributed by atoms with Crippen molar-refractivity contribution in [1.29, 1.82) is 0 Å². The maximum atomic E-state index is 12.3. The standard InChI is InChI=1S/C20H21N5O3S/c1-13(2)25(20(27)28)11-15-9-6-10-16(21-15)23-19(26)24-17-12-29-18(22-17)14-7-4-3-5-8-14/h3-10,12-13H,11H2,1-2H3,(H,27,28)(H2,21,23,24,26). The van der Waals surface area contributed by atoms with Gasteiger partial charge in [-0.15, -0.1) is 11.3 Å². The van der Waals surface area contributed by atoms with E-state index in [1.54, 1.807) is 37.4 Å². The van der Waals surface area contributed by atoms with E-state index in [0.29, 0.717) is 17.3 Å². The number of urea groups is 1. The molecule has 0 unspecified atom stereocenters. The van der Waals surface area contributed by atoms with Crippen molar-refractivity contribution < 1.29 is 14.7 Å². The van der Waals surface area contributed by atoms with Gasteiger partial charge in [0.25, 0.3) is 0 Å². The van der Waals surface area contributed by atoms with E-state index in [0.717, 1.165) is 10.6 Å². The molecule has 0 spiro atoms. The van der Waals surface area contributed by atoms with Gasteiger partial charge in [0.2, 0.25) is 0 Å². The van der Waals surface area contributed by atoms with Gasteiger partial charge < -0.3 is 10.0 Å². The fourth-order valence-corrected chi connectivity index (χ4v) is 3.35. The first-order valence-electron chi connectivity index (χ1n) is 8.97. The van der Waals surface area contributed by atoms with Crippen LogP contribution >= 0.6 is 11.3 Å². The van der Waals surface area contributed by atoms with Crippen LogP contribution < -0.4 is 10.6 Å². The van der Waals surface area contributed by atoms with E-state index in [1.807, 2.05) is 30.3 Å². The number of carbonyl (C=O) groups excluding carboxylic acids is 1. The van der Waals surface area contributed by atoms with Crippen molar-refractivity contribution in [1.82, 2.24) is 14.9 Å². The van der Waals surface area contributed by atoms with E-state index in [9.17, 15) is 14.7 Å². The molecule has 9 heteroatoms. The molecule has 0 saturated heterocycles. The smallest absolute Gasteiger partial charge is 0.407 e.